The molecule has 1 N–H and O–H groups in total. The number of imidazole rings is 1. The second-order valence-electron chi connectivity index (χ2n) is 5.18. The molecule has 4 heteroatoms. The minimum Gasteiger partial charge on any atom is -0.337 e. The van der Waals surface area contributed by atoms with Gasteiger partial charge in [-0.05, 0) is 51.9 Å². The van der Waals surface area contributed by atoms with E-state index in [1.807, 2.05) is 6.33 Å². The van der Waals surface area contributed by atoms with Crippen LogP contribution >= 0.6 is 0 Å². The molecule has 1 saturated heterocycles. The maximum absolute atomic E-state index is 4.43. The molecule has 4 nitrogen and oxygen atoms in total. The van der Waals surface area contributed by atoms with Crippen molar-refractivity contribution in [1.82, 2.24) is 19.8 Å². The molecule has 0 radical (unpaired) electrons. The molecule has 1 aliphatic rings. The van der Waals surface area contributed by atoms with Gasteiger partial charge in [0.25, 0.3) is 0 Å². The van der Waals surface area contributed by atoms with E-state index in [1.54, 1.807) is 0 Å². The van der Waals surface area contributed by atoms with E-state index in [-0.39, 0.29) is 0 Å². The molecule has 0 spiro atoms. The van der Waals surface area contributed by atoms with Gasteiger partial charge >= 0.3 is 0 Å². The highest BCUT2D eigenvalue weighted by Crippen LogP contribution is 2.08. The van der Waals surface area contributed by atoms with Crippen LogP contribution in [0.4, 0.5) is 0 Å². The summed E-state index contributed by atoms with van der Waals surface area (Å²) in [6.07, 6.45) is 9.32. The molecule has 0 saturated carbocycles. The first-order chi connectivity index (χ1) is 8.88. The Bertz CT molecular complexity index is 328. The summed E-state index contributed by atoms with van der Waals surface area (Å²) in [6, 6.07) is 0. The predicted molar refractivity (Wildman–Crippen MR) is 74.5 cm³/mol. The summed E-state index contributed by atoms with van der Waals surface area (Å²) in [7, 11) is 0. The average molecular weight is 250 g/mol. The summed E-state index contributed by atoms with van der Waals surface area (Å²) >= 11 is 0. The fraction of sp³-hybridized carbons (Fsp3) is 0.786. The second kappa shape index (κ2) is 7.54. The van der Waals surface area contributed by atoms with Gasteiger partial charge in [0.2, 0.25) is 0 Å². The van der Waals surface area contributed by atoms with E-state index in [0.29, 0.717) is 0 Å². The lowest BCUT2D eigenvalue weighted by Crippen LogP contribution is -2.21. The average Bonchev–Trinajstić information content (AvgIpc) is 3.01. The number of rotatable bonds is 8. The van der Waals surface area contributed by atoms with Crippen LogP contribution in [-0.4, -0.2) is 40.6 Å². The van der Waals surface area contributed by atoms with Gasteiger partial charge in [0.1, 0.15) is 0 Å². The third-order valence-electron chi connectivity index (χ3n) is 3.51. The predicted octanol–water partition coefficient (Wildman–Crippen LogP) is 1.87. The summed E-state index contributed by atoms with van der Waals surface area (Å²) in [5.41, 5.74) is 1.16. The normalized spacial score (nSPS) is 16.5. The molecule has 1 aliphatic heterocycles. The topological polar surface area (TPSA) is 33.1 Å². The number of aromatic nitrogens is 2. The first kappa shape index (κ1) is 13.6. The molecule has 0 atom stereocenters. The minimum absolute atomic E-state index is 0.896. The molecule has 2 heterocycles. The molecular weight excluding hydrogens is 224 g/mol. The van der Waals surface area contributed by atoms with Crippen molar-refractivity contribution in [2.45, 2.75) is 45.7 Å². The van der Waals surface area contributed by atoms with Crippen LogP contribution in [0.3, 0.4) is 0 Å². The zero-order chi connectivity index (χ0) is 12.6. The Morgan fingerprint density at radius 3 is 2.89 bits per heavy atom. The monoisotopic (exact) mass is 250 g/mol. The van der Waals surface area contributed by atoms with Crippen molar-refractivity contribution in [3.05, 3.63) is 18.2 Å². The van der Waals surface area contributed by atoms with Crippen LogP contribution in [0.25, 0.3) is 0 Å². The Labute approximate surface area is 110 Å². The molecule has 1 aromatic heterocycles. The van der Waals surface area contributed by atoms with Crippen LogP contribution in [0.1, 0.15) is 38.3 Å². The van der Waals surface area contributed by atoms with Crippen molar-refractivity contribution in [1.29, 1.82) is 0 Å². The van der Waals surface area contributed by atoms with E-state index in [9.17, 15) is 0 Å². The van der Waals surface area contributed by atoms with E-state index >= 15 is 0 Å². The molecule has 0 bridgehead atoms. The Hall–Kier alpha value is -0.870. The molecule has 0 unspecified atom stereocenters. The summed E-state index contributed by atoms with van der Waals surface area (Å²) in [6.45, 7) is 9.09. The third kappa shape index (κ3) is 4.42. The van der Waals surface area contributed by atoms with Crippen LogP contribution in [0.15, 0.2) is 12.5 Å². The lowest BCUT2D eigenvalue weighted by atomic mass is 10.4. The number of hydrogen-bond donors (Lipinski definition) is 1. The first-order valence-corrected chi connectivity index (χ1v) is 7.32. The summed E-state index contributed by atoms with van der Waals surface area (Å²) < 4.78 is 2.22. The van der Waals surface area contributed by atoms with Crippen LogP contribution in [-0.2, 0) is 13.1 Å². The smallest absolute Gasteiger partial charge is 0.0949 e. The second-order valence-corrected chi connectivity index (χ2v) is 5.18. The Morgan fingerprint density at radius 2 is 2.11 bits per heavy atom. The van der Waals surface area contributed by atoms with E-state index in [1.165, 1.54) is 45.3 Å². The maximum Gasteiger partial charge on any atom is 0.0949 e. The highest BCUT2D eigenvalue weighted by molar-refractivity contribution is 4.96. The van der Waals surface area contributed by atoms with Gasteiger partial charge in [0.15, 0.2) is 0 Å². The number of hydrogen-bond acceptors (Lipinski definition) is 3. The van der Waals surface area contributed by atoms with Gasteiger partial charge in [-0.3, -0.25) is 0 Å². The Balaban J connectivity index is 1.63. The summed E-state index contributed by atoms with van der Waals surface area (Å²) in [4.78, 5) is 7.00. The number of nitrogens with zero attached hydrogens (tertiary/aromatic N) is 3. The molecule has 18 heavy (non-hydrogen) atoms. The van der Waals surface area contributed by atoms with Crippen LogP contribution < -0.4 is 5.32 Å². The highest BCUT2D eigenvalue weighted by Gasteiger charge is 2.10. The fourth-order valence-electron chi connectivity index (χ4n) is 2.50. The van der Waals surface area contributed by atoms with E-state index in [4.69, 9.17) is 0 Å². The van der Waals surface area contributed by atoms with Gasteiger partial charge in [0, 0.05) is 19.3 Å². The molecule has 102 valence electrons. The molecular formula is C14H26N4. The van der Waals surface area contributed by atoms with E-state index in [2.05, 4.69) is 32.9 Å². The number of aryl methyl sites for hydroxylation is 1. The SMILES string of the molecule is CCCNCc1cn(CCCN2CCCC2)cn1. The van der Waals surface area contributed by atoms with Crippen molar-refractivity contribution in [2.75, 3.05) is 26.2 Å². The number of nitrogens with one attached hydrogen (secondary N) is 1. The molecule has 2 rings (SSSR count). The highest BCUT2D eigenvalue weighted by atomic mass is 15.1. The maximum atomic E-state index is 4.43. The van der Waals surface area contributed by atoms with Crippen molar-refractivity contribution in [3.63, 3.8) is 0 Å². The summed E-state index contributed by atoms with van der Waals surface area (Å²) in [5, 5.41) is 3.38. The van der Waals surface area contributed by atoms with Gasteiger partial charge in [0.05, 0.1) is 12.0 Å². The fourth-order valence-corrected chi connectivity index (χ4v) is 2.50. The molecule has 1 aromatic rings. The van der Waals surface area contributed by atoms with Crippen LogP contribution in [0.2, 0.25) is 0 Å². The number of likely N-dealkylation sites (tertiary alicyclic amines) is 1. The standard InChI is InChI=1S/C14H26N4/c1-2-6-15-11-14-12-18(13-16-14)10-5-9-17-7-3-4-8-17/h12-13,15H,2-11H2,1H3. The van der Waals surface area contributed by atoms with Gasteiger partial charge < -0.3 is 14.8 Å². The first-order valence-electron chi connectivity index (χ1n) is 7.32. The molecule has 0 aliphatic carbocycles. The quantitative estimate of drug-likeness (QED) is 0.715. The van der Waals surface area contributed by atoms with Gasteiger partial charge in [-0.25, -0.2) is 4.98 Å². The third-order valence-corrected chi connectivity index (χ3v) is 3.51. The van der Waals surface area contributed by atoms with Crippen LogP contribution in [0, 0.1) is 0 Å². The molecule has 0 aromatic carbocycles. The van der Waals surface area contributed by atoms with Gasteiger partial charge in [-0.2, -0.15) is 0 Å². The zero-order valence-electron chi connectivity index (χ0n) is 11.6. The Kier molecular flexibility index (Phi) is 5.68. The Morgan fingerprint density at radius 1 is 1.28 bits per heavy atom. The van der Waals surface area contributed by atoms with Crippen molar-refractivity contribution < 1.29 is 0 Å². The van der Waals surface area contributed by atoms with Crippen LogP contribution in [0.5, 0.6) is 0 Å². The van der Waals surface area contributed by atoms with Gasteiger partial charge in [-0.15, -0.1) is 0 Å². The molecule has 1 fully saturated rings. The van der Waals surface area contributed by atoms with Crippen molar-refractivity contribution >= 4 is 0 Å². The minimum atomic E-state index is 0.896. The zero-order valence-corrected chi connectivity index (χ0v) is 11.6. The lowest BCUT2D eigenvalue weighted by Gasteiger charge is -2.13. The van der Waals surface area contributed by atoms with Gasteiger partial charge in [-0.1, -0.05) is 6.92 Å². The lowest BCUT2D eigenvalue weighted by molar-refractivity contribution is 0.325. The van der Waals surface area contributed by atoms with Crippen molar-refractivity contribution in [2.24, 2.45) is 0 Å². The van der Waals surface area contributed by atoms with Crippen molar-refractivity contribution in [3.8, 4) is 0 Å². The van der Waals surface area contributed by atoms with E-state index in [0.717, 1.165) is 25.3 Å². The molecule has 0 amide bonds. The van der Waals surface area contributed by atoms with E-state index < -0.39 is 0 Å². The summed E-state index contributed by atoms with van der Waals surface area (Å²) in [5.74, 6) is 0. The largest absolute Gasteiger partial charge is 0.337 e.